The average molecular weight is 460 g/mol. The smallest absolute Gasteiger partial charge is 0.330 e. The minimum Gasteiger partial charge on any atom is -0.497 e. The van der Waals surface area contributed by atoms with Crippen LogP contribution in [0.1, 0.15) is 0 Å². The Bertz CT molecular complexity index is 1450. The van der Waals surface area contributed by atoms with Crippen molar-refractivity contribution >= 4 is 34.1 Å². The molecule has 7 nitrogen and oxygen atoms in total. The molecule has 0 aliphatic carbocycles. The monoisotopic (exact) mass is 459 g/mol. The van der Waals surface area contributed by atoms with Crippen LogP contribution in [0.3, 0.4) is 0 Å². The van der Waals surface area contributed by atoms with Crippen LogP contribution in [-0.2, 0) is 14.1 Å². The van der Waals surface area contributed by atoms with Gasteiger partial charge in [-0.1, -0.05) is 23.2 Å². The molecule has 0 bridgehead atoms. The van der Waals surface area contributed by atoms with E-state index in [-0.39, 0.29) is 0 Å². The lowest BCUT2D eigenvalue weighted by molar-refractivity contribution is 0.401. The fraction of sp³-hybridized carbons (Fsp3) is 0.182. The molecule has 9 heteroatoms. The zero-order valence-electron chi connectivity index (χ0n) is 17.3. The van der Waals surface area contributed by atoms with Crippen LogP contribution in [0.5, 0.6) is 11.5 Å². The van der Waals surface area contributed by atoms with E-state index in [0.717, 1.165) is 4.57 Å². The molecule has 2 aromatic heterocycles. The molecule has 0 atom stereocenters. The zero-order chi connectivity index (χ0) is 22.4. The molecule has 31 heavy (non-hydrogen) atoms. The van der Waals surface area contributed by atoms with Crippen molar-refractivity contribution in [2.75, 3.05) is 14.2 Å². The van der Waals surface area contributed by atoms with Crippen LogP contribution in [0, 0.1) is 0 Å². The van der Waals surface area contributed by atoms with Crippen molar-refractivity contribution in [1.82, 2.24) is 13.7 Å². The van der Waals surface area contributed by atoms with Gasteiger partial charge in [0.2, 0.25) is 0 Å². The van der Waals surface area contributed by atoms with Gasteiger partial charge in [0, 0.05) is 36.9 Å². The predicted molar refractivity (Wildman–Crippen MR) is 122 cm³/mol. The molecule has 0 N–H and O–H groups in total. The maximum atomic E-state index is 13.2. The van der Waals surface area contributed by atoms with E-state index >= 15 is 0 Å². The molecule has 0 unspecified atom stereocenters. The molecule has 0 amide bonds. The number of fused-ring (bicyclic) bond motifs is 1. The van der Waals surface area contributed by atoms with Crippen molar-refractivity contribution in [2.45, 2.75) is 0 Å². The zero-order valence-corrected chi connectivity index (χ0v) is 18.8. The largest absolute Gasteiger partial charge is 0.497 e. The molecule has 4 rings (SSSR count). The van der Waals surface area contributed by atoms with Gasteiger partial charge in [0.15, 0.2) is 0 Å². The first-order chi connectivity index (χ1) is 14.8. The van der Waals surface area contributed by atoms with E-state index in [4.69, 9.17) is 32.7 Å². The van der Waals surface area contributed by atoms with Gasteiger partial charge in [0.25, 0.3) is 5.56 Å². The Balaban J connectivity index is 2.24. The van der Waals surface area contributed by atoms with E-state index in [1.165, 1.54) is 11.6 Å². The molecule has 0 spiro atoms. The Morgan fingerprint density at radius 3 is 2.29 bits per heavy atom. The molecule has 0 radical (unpaired) electrons. The summed E-state index contributed by atoms with van der Waals surface area (Å²) < 4.78 is 15.2. The number of ether oxygens (including phenoxy) is 2. The standard InChI is InChI=1S/C22H19Cl2N3O4/c1-25-17-11-27(16-10-13(30-3)6-8-18(16)31-4)20(14-7-5-12(23)9-15(14)24)19(17)21(28)26(2)22(25)29/h5-11H,1-4H3. The summed E-state index contributed by atoms with van der Waals surface area (Å²) >= 11 is 12.6. The van der Waals surface area contributed by atoms with Crippen molar-refractivity contribution in [1.29, 1.82) is 0 Å². The molecule has 0 fully saturated rings. The summed E-state index contributed by atoms with van der Waals surface area (Å²) in [6.07, 6.45) is 1.72. The number of aromatic nitrogens is 3. The highest BCUT2D eigenvalue weighted by Gasteiger charge is 2.23. The third kappa shape index (κ3) is 3.30. The molecular weight excluding hydrogens is 441 g/mol. The highest BCUT2D eigenvalue weighted by molar-refractivity contribution is 6.36. The SMILES string of the molecule is COc1ccc(OC)c(-n2cc3c(c2-c2ccc(Cl)cc2Cl)c(=O)n(C)c(=O)n3C)c1. The first-order valence-corrected chi connectivity index (χ1v) is 10.0. The Labute approximate surface area is 187 Å². The molecule has 4 aromatic rings. The average Bonchev–Trinajstić information content (AvgIpc) is 3.16. The van der Waals surface area contributed by atoms with Gasteiger partial charge in [-0.2, -0.15) is 0 Å². The van der Waals surface area contributed by atoms with Crippen molar-refractivity contribution in [3.63, 3.8) is 0 Å². The predicted octanol–water partition coefficient (Wildman–Crippen LogP) is 4.02. The lowest BCUT2D eigenvalue weighted by Crippen LogP contribution is -2.36. The summed E-state index contributed by atoms with van der Waals surface area (Å²) in [7, 11) is 6.18. The van der Waals surface area contributed by atoms with Gasteiger partial charge in [-0.25, -0.2) is 4.79 Å². The lowest BCUT2D eigenvalue weighted by atomic mass is 10.1. The van der Waals surface area contributed by atoms with Crippen LogP contribution in [0.25, 0.3) is 27.8 Å². The van der Waals surface area contributed by atoms with E-state index in [9.17, 15) is 9.59 Å². The Morgan fingerprint density at radius 1 is 0.903 bits per heavy atom. The van der Waals surface area contributed by atoms with E-state index in [1.54, 1.807) is 68.4 Å². The van der Waals surface area contributed by atoms with E-state index in [0.29, 0.717) is 49.4 Å². The molecule has 2 heterocycles. The first kappa shape index (κ1) is 21.1. The molecular formula is C22H19Cl2N3O4. The Morgan fingerprint density at radius 2 is 1.65 bits per heavy atom. The van der Waals surface area contributed by atoms with Crippen molar-refractivity contribution in [2.24, 2.45) is 14.1 Å². The van der Waals surface area contributed by atoms with E-state index in [2.05, 4.69) is 0 Å². The van der Waals surface area contributed by atoms with Crippen molar-refractivity contribution in [3.05, 3.63) is 73.5 Å². The van der Waals surface area contributed by atoms with Crippen LogP contribution < -0.4 is 20.7 Å². The van der Waals surface area contributed by atoms with Gasteiger partial charge < -0.3 is 14.0 Å². The third-order valence-electron chi connectivity index (χ3n) is 5.27. The van der Waals surface area contributed by atoms with Crippen molar-refractivity contribution in [3.8, 4) is 28.4 Å². The molecule has 0 aliphatic rings. The molecule has 0 aliphatic heterocycles. The van der Waals surface area contributed by atoms with Crippen LogP contribution in [0.15, 0.2) is 52.2 Å². The van der Waals surface area contributed by atoms with Crippen molar-refractivity contribution < 1.29 is 9.47 Å². The topological polar surface area (TPSA) is 67.4 Å². The normalized spacial score (nSPS) is 11.2. The number of methoxy groups -OCH3 is 2. The molecule has 2 aromatic carbocycles. The molecule has 0 saturated carbocycles. The number of rotatable bonds is 4. The summed E-state index contributed by atoms with van der Waals surface area (Å²) in [6.45, 7) is 0. The number of nitrogens with zero attached hydrogens (tertiary/aromatic N) is 3. The van der Waals surface area contributed by atoms with Crippen LogP contribution >= 0.6 is 23.2 Å². The number of aryl methyl sites for hydroxylation is 1. The lowest BCUT2D eigenvalue weighted by Gasteiger charge is -2.15. The highest BCUT2D eigenvalue weighted by atomic mass is 35.5. The summed E-state index contributed by atoms with van der Waals surface area (Å²) in [5.41, 5.74) is 1.31. The molecule has 160 valence electrons. The second kappa shape index (κ2) is 7.83. The summed E-state index contributed by atoms with van der Waals surface area (Å²) in [5, 5.41) is 1.18. The maximum absolute atomic E-state index is 13.2. The Hall–Kier alpha value is -3.16. The van der Waals surface area contributed by atoms with Crippen LogP contribution in [-0.4, -0.2) is 27.9 Å². The Kier molecular flexibility index (Phi) is 5.33. The van der Waals surface area contributed by atoms with Gasteiger partial charge in [-0.05, 0) is 30.3 Å². The first-order valence-electron chi connectivity index (χ1n) is 9.27. The highest BCUT2D eigenvalue weighted by Crippen LogP contribution is 2.39. The van der Waals surface area contributed by atoms with Gasteiger partial charge in [-0.15, -0.1) is 0 Å². The van der Waals surface area contributed by atoms with E-state index < -0.39 is 11.2 Å². The summed E-state index contributed by atoms with van der Waals surface area (Å²) in [5.74, 6) is 1.15. The number of hydrogen-bond acceptors (Lipinski definition) is 4. The third-order valence-corrected chi connectivity index (χ3v) is 5.82. The van der Waals surface area contributed by atoms with Gasteiger partial charge in [0.1, 0.15) is 11.5 Å². The number of hydrogen-bond donors (Lipinski definition) is 0. The van der Waals surface area contributed by atoms with Crippen LogP contribution in [0.4, 0.5) is 0 Å². The minimum absolute atomic E-state index is 0.346. The quantitative estimate of drug-likeness (QED) is 0.462. The fourth-order valence-corrected chi connectivity index (χ4v) is 4.16. The second-order valence-electron chi connectivity index (χ2n) is 6.98. The van der Waals surface area contributed by atoms with Crippen LogP contribution in [0.2, 0.25) is 10.0 Å². The number of halogens is 2. The second-order valence-corrected chi connectivity index (χ2v) is 7.82. The maximum Gasteiger partial charge on any atom is 0.330 e. The van der Waals surface area contributed by atoms with Gasteiger partial charge >= 0.3 is 5.69 Å². The fourth-order valence-electron chi connectivity index (χ4n) is 3.66. The summed E-state index contributed by atoms with van der Waals surface area (Å²) in [6, 6.07) is 10.4. The van der Waals surface area contributed by atoms with E-state index in [1.807, 2.05) is 0 Å². The van der Waals surface area contributed by atoms with Gasteiger partial charge in [0.05, 0.1) is 41.5 Å². The summed E-state index contributed by atoms with van der Waals surface area (Å²) in [4.78, 5) is 25.8. The minimum atomic E-state index is -0.431. The molecule has 0 saturated heterocycles. The van der Waals surface area contributed by atoms with Gasteiger partial charge in [-0.3, -0.25) is 13.9 Å². The number of benzene rings is 2.